The summed E-state index contributed by atoms with van der Waals surface area (Å²) < 4.78 is 10.6. The van der Waals surface area contributed by atoms with Crippen molar-refractivity contribution in [2.24, 2.45) is 5.92 Å². The van der Waals surface area contributed by atoms with Crippen molar-refractivity contribution in [2.75, 3.05) is 13.2 Å². The summed E-state index contributed by atoms with van der Waals surface area (Å²) in [6.07, 6.45) is 2.03. The summed E-state index contributed by atoms with van der Waals surface area (Å²) in [4.78, 5) is 0. The highest BCUT2D eigenvalue weighted by atomic mass is 16.7. The Morgan fingerprint density at radius 1 is 1.50 bits per heavy atom. The molecule has 0 aromatic heterocycles. The van der Waals surface area contributed by atoms with E-state index in [0.717, 1.165) is 26.1 Å². The summed E-state index contributed by atoms with van der Waals surface area (Å²) in [6, 6.07) is 0. The normalized spacial score (nSPS) is 35.4. The van der Waals surface area contributed by atoms with Crippen LogP contribution in [0.2, 0.25) is 0 Å². The Balaban J connectivity index is 2.26. The largest absolute Gasteiger partial charge is 0.353 e. The van der Waals surface area contributed by atoms with E-state index in [2.05, 4.69) is 6.92 Å². The first-order chi connectivity index (χ1) is 4.83. The van der Waals surface area contributed by atoms with Crippen LogP contribution in [0.4, 0.5) is 0 Å². The fourth-order valence-electron chi connectivity index (χ4n) is 1.03. The van der Waals surface area contributed by atoms with Crippen molar-refractivity contribution in [2.45, 2.75) is 26.1 Å². The molecule has 1 fully saturated rings. The van der Waals surface area contributed by atoms with Crippen LogP contribution in [0.1, 0.15) is 19.8 Å². The Morgan fingerprint density at radius 2 is 2.30 bits per heavy atom. The topological polar surface area (TPSA) is 18.5 Å². The molecule has 59 valence electrons. The maximum Gasteiger partial charge on any atom is 0.154 e. The number of hydrogen-bond acceptors (Lipinski definition) is 2. The van der Waals surface area contributed by atoms with Crippen LogP contribution in [-0.2, 0) is 9.47 Å². The summed E-state index contributed by atoms with van der Waals surface area (Å²) in [6.45, 7) is 7.41. The molecule has 1 heterocycles. The summed E-state index contributed by atoms with van der Waals surface area (Å²) >= 11 is 0. The molecule has 0 saturated carbocycles. The maximum atomic E-state index is 5.34. The molecule has 0 N–H and O–H groups in total. The Kier molecular flexibility index (Phi) is 3.16. The lowest BCUT2D eigenvalue weighted by atomic mass is 10.1. The predicted octanol–water partition coefficient (Wildman–Crippen LogP) is 1.61. The highest BCUT2D eigenvalue weighted by molar-refractivity contribution is 4.61. The molecule has 2 heteroatoms. The summed E-state index contributed by atoms with van der Waals surface area (Å²) in [5.74, 6) is 0.602. The monoisotopic (exact) mass is 143 g/mol. The SMILES string of the molecule is [CH2]CC1CCOC(C)OC1. The van der Waals surface area contributed by atoms with E-state index in [4.69, 9.17) is 9.47 Å². The van der Waals surface area contributed by atoms with Gasteiger partial charge in [0, 0.05) is 0 Å². The molecule has 0 aliphatic carbocycles. The Morgan fingerprint density at radius 3 is 3.00 bits per heavy atom. The van der Waals surface area contributed by atoms with Crippen LogP contribution >= 0.6 is 0 Å². The van der Waals surface area contributed by atoms with Crippen LogP contribution in [-0.4, -0.2) is 19.5 Å². The van der Waals surface area contributed by atoms with Gasteiger partial charge in [0.2, 0.25) is 0 Å². The fourth-order valence-corrected chi connectivity index (χ4v) is 1.03. The van der Waals surface area contributed by atoms with Crippen molar-refractivity contribution in [3.8, 4) is 0 Å². The lowest BCUT2D eigenvalue weighted by molar-refractivity contribution is -0.115. The molecule has 0 amide bonds. The zero-order valence-electron chi connectivity index (χ0n) is 6.51. The van der Waals surface area contributed by atoms with E-state index in [9.17, 15) is 0 Å². The van der Waals surface area contributed by atoms with Crippen LogP contribution in [0, 0.1) is 12.8 Å². The molecule has 0 aromatic carbocycles. The standard InChI is InChI=1S/C8H15O2/c1-3-8-4-5-9-7(2)10-6-8/h7-8H,1,3-6H2,2H3. The summed E-state index contributed by atoms with van der Waals surface area (Å²) in [5.41, 5.74) is 0. The molecule has 1 aliphatic heterocycles. The van der Waals surface area contributed by atoms with Crippen molar-refractivity contribution in [3.05, 3.63) is 6.92 Å². The quantitative estimate of drug-likeness (QED) is 0.555. The second-order valence-electron chi connectivity index (χ2n) is 2.72. The Hall–Kier alpha value is -0.0800. The molecule has 2 atom stereocenters. The molecule has 1 radical (unpaired) electrons. The van der Waals surface area contributed by atoms with E-state index in [0.29, 0.717) is 5.92 Å². The van der Waals surface area contributed by atoms with Gasteiger partial charge >= 0.3 is 0 Å². The highest BCUT2D eigenvalue weighted by Crippen LogP contribution is 2.14. The second-order valence-corrected chi connectivity index (χ2v) is 2.72. The zero-order valence-corrected chi connectivity index (χ0v) is 6.51. The highest BCUT2D eigenvalue weighted by Gasteiger charge is 2.14. The summed E-state index contributed by atoms with van der Waals surface area (Å²) in [5, 5.41) is 0. The first kappa shape index (κ1) is 8.02. The molecule has 2 unspecified atom stereocenters. The number of hydrogen-bond donors (Lipinski definition) is 0. The van der Waals surface area contributed by atoms with Crippen LogP contribution in [0.5, 0.6) is 0 Å². The minimum absolute atomic E-state index is 0.0171. The zero-order chi connectivity index (χ0) is 7.40. The molecule has 0 bridgehead atoms. The van der Waals surface area contributed by atoms with E-state index >= 15 is 0 Å². The molecule has 1 saturated heterocycles. The Labute approximate surface area is 62.5 Å². The smallest absolute Gasteiger partial charge is 0.154 e. The van der Waals surface area contributed by atoms with Crippen molar-refractivity contribution in [1.82, 2.24) is 0 Å². The van der Waals surface area contributed by atoms with Gasteiger partial charge in [0.05, 0.1) is 13.2 Å². The number of rotatable bonds is 1. The van der Waals surface area contributed by atoms with Crippen molar-refractivity contribution in [1.29, 1.82) is 0 Å². The van der Waals surface area contributed by atoms with E-state index < -0.39 is 0 Å². The molecule has 0 spiro atoms. The maximum absolute atomic E-state index is 5.34. The van der Waals surface area contributed by atoms with Gasteiger partial charge < -0.3 is 9.47 Å². The summed E-state index contributed by atoms with van der Waals surface area (Å²) in [7, 11) is 0. The molecule has 1 rings (SSSR count). The average molecular weight is 143 g/mol. The lowest BCUT2D eigenvalue weighted by Gasteiger charge is -2.10. The van der Waals surface area contributed by atoms with Crippen LogP contribution in [0.15, 0.2) is 0 Å². The first-order valence-corrected chi connectivity index (χ1v) is 3.85. The van der Waals surface area contributed by atoms with Gasteiger partial charge in [0.25, 0.3) is 0 Å². The van der Waals surface area contributed by atoms with Gasteiger partial charge in [-0.05, 0) is 25.7 Å². The Bertz CT molecular complexity index is 93.3. The van der Waals surface area contributed by atoms with Crippen molar-refractivity contribution in [3.63, 3.8) is 0 Å². The van der Waals surface area contributed by atoms with Crippen molar-refractivity contribution < 1.29 is 9.47 Å². The average Bonchev–Trinajstić information content (AvgIpc) is 2.14. The van der Waals surface area contributed by atoms with Crippen molar-refractivity contribution >= 4 is 0 Å². The van der Waals surface area contributed by atoms with Crippen LogP contribution < -0.4 is 0 Å². The van der Waals surface area contributed by atoms with Crippen LogP contribution in [0.3, 0.4) is 0 Å². The van der Waals surface area contributed by atoms with Gasteiger partial charge in [-0.15, -0.1) is 0 Å². The molecule has 2 nitrogen and oxygen atoms in total. The molecule has 10 heavy (non-hydrogen) atoms. The first-order valence-electron chi connectivity index (χ1n) is 3.85. The molecular formula is C8H15O2. The van der Waals surface area contributed by atoms with E-state index in [1.165, 1.54) is 0 Å². The van der Waals surface area contributed by atoms with Gasteiger partial charge in [0.15, 0.2) is 6.29 Å². The third-order valence-electron chi connectivity index (χ3n) is 1.85. The van der Waals surface area contributed by atoms with Gasteiger partial charge in [-0.2, -0.15) is 0 Å². The fraction of sp³-hybridized carbons (Fsp3) is 0.875. The third-order valence-corrected chi connectivity index (χ3v) is 1.85. The van der Waals surface area contributed by atoms with E-state index in [-0.39, 0.29) is 6.29 Å². The number of ether oxygens (including phenoxy) is 2. The van der Waals surface area contributed by atoms with Crippen LogP contribution in [0.25, 0.3) is 0 Å². The molecule has 0 aromatic rings. The minimum atomic E-state index is -0.0171. The van der Waals surface area contributed by atoms with Gasteiger partial charge in [-0.3, -0.25) is 0 Å². The van der Waals surface area contributed by atoms with Gasteiger partial charge in [-0.1, -0.05) is 6.92 Å². The second kappa shape index (κ2) is 3.94. The third kappa shape index (κ3) is 2.27. The predicted molar refractivity (Wildman–Crippen MR) is 39.4 cm³/mol. The van der Waals surface area contributed by atoms with Gasteiger partial charge in [-0.25, -0.2) is 0 Å². The van der Waals surface area contributed by atoms with Gasteiger partial charge in [0.1, 0.15) is 0 Å². The molecule has 1 aliphatic rings. The van der Waals surface area contributed by atoms with E-state index in [1.807, 2.05) is 6.92 Å². The van der Waals surface area contributed by atoms with E-state index in [1.54, 1.807) is 0 Å². The minimum Gasteiger partial charge on any atom is -0.353 e. The molecular weight excluding hydrogens is 128 g/mol. The lowest BCUT2D eigenvalue weighted by Crippen LogP contribution is -2.11.